The molecule has 2 rings (SSSR count). The fourth-order valence-electron chi connectivity index (χ4n) is 2.06. The number of hydrogen-bond acceptors (Lipinski definition) is 3. The molecular weight excluding hydrogens is 264 g/mol. The first-order valence-electron chi connectivity index (χ1n) is 7.22. The van der Waals surface area contributed by atoms with Gasteiger partial charge in [-0.25, -0.2) is 0 Å². The lowest BCUT2D eigenvalue weighted by atomic mass is 10.1. The SMILES string of the molecule is Cc1ccc(CNc2cccc(NC(=O)CC(C)C)c2)o1. The Morgan fingerprint density at radius 3 is 2.62 bits per heavy atom. The Bertz CT molecular complexity index is 602. The van der Waals surface area contributed by atoms with Crippen LogP contribution in [0.3, 0.4) is 0 Å². The minimum atomic E-state index is 0.0452. The van der Waals surface area contributed by atoms with Gasteiger partial charge in [-0.2, -0.15) is 0 Å². The lowest BCUT2D eigenvalue weighted by Crippen LogP contribution is -2.13. The number of carbonyl (C=O) groups is 1. The van der Waals surface area contributed by atoms with Crippen LogP contribution in [0.4, 0.5) is 11.4 Å². The Hall–Kier alpha value is -2.23. The van der Waals surface area contributed by atoms with Crippen LogP contribution in [-0.2, 0) is 11.3 Å². The summed E-state index contributed by atoms with van der Waals surface area (Å²) in [4.78, 5) is 11.8. The highest BCUT2D eigenvalue weighted by Crippen LogP contribution is 2.17. The molecule has 0 spiro atoms. The molecule has 1 aromatic carbocycles. The second kappa shape index (κ2) is 6.97. The van der Waals surface area contributed by atoms with Crippen molar-refractivity contribution in [1.29, 1.82) is 0 Å². The summed E-state index contributed by atoms with van der Waals surface area (Å²) in [7, 11) is 0. The topological polar surface area (TPSA) is 54.3 Å². The second-order valence-corrected chi connectivity index (χ2v) is 5.59. The van der Waals surface area contributed by atoms with E-state index in [9.17, 15) is 4.79 Å². The molecule has 0 aliphatic carbocycles. The number of hydrogen-bond donors (Lipinski definition) is 2. The van der Waals surface area contributed by atoms with Crippen LogP contribution < -0.4 is 10.6 Å². The standard InChI is InChI=1S/C17H22N2O2/c1-12(2)9-17(20)19-15-6-4-5-14(10-15)18-11-16-8-7-13(3)21-16/h4-8,10,12,18H,9,11H2,1-3H3,(H,19,20). The zero-order chi connectivity index (χ0) is 15.2. The molecule has 2 aromatic rings. The van der Waals surface area contributed by atoms with Gasteiger partial charge in [-0.15, -0.1) is 0 Å². The summed E-state index contributed by atoms with van der Waals surface area (Å²) in [5, 5.41) is 6.20. The summed E-state index contributed by atoms with van der Waals surface area (Å²) in [5.41, 5.74) is 1.76. The van der Waals surface area contributed by atoms with Gasteiger partial charge in [-0.1, -0.05) is 19.9 Å². The maximum Gasteiger partial charge on any atom is 0.224 e. The highest BCUT2D eigenvalue weighted by molar-refractivity contribution is 5.91. The molecule has 0 saturated carbocycles. The van der Waals surface area contributed by atoms with E-state index in [2.05, 4.69) is 10.6 Å². The monoisotopic (exact) mass is 286 g/mol. The number of rotatable bonds is 6. The number of benzene rings is 1. The van der Waals surface area contributed by atoms with Crippen LogP contribution in [0, 0.1) is 12.8 Å². The minimum absolute atomic E-state index is 0.0452. The van der Waals surface area contributed by atoms with Crippen molar-refractivity contribution in [2.75, 3.05) is 10.6 Å². The van der Waals surface area contributed by atoms with E-state index >= 15 is 0 Å². The Morgan fingerprint density at radius 1 is 1.19 bits per heavy atom. The van der Waals surface area contributed by atoms with Gasteiger partial charge in [-0.05, 0) is 43.2 Å². The Balaban J connectivity index is 1.92. The summed E-state index contributed by atoms with van der Waals surface area (Å²) >= 11 is 0. The molecule has 0 fully saturated rings. The van der Waals surface area contributed by atoms with Crippen molar-refractivity contribution in [3.63, 3.8) is 0 Å². The lowest BCUT2D eigenvalue weighted by Gasteiger charge is -2.10. The van der Waals surface area contributed by atoms with Gasteiger partial charge < -0.3 is 15.1 Å². The third kappa shape index (κ3) is 4.99. The molecule has 4 nitrogen and oxygen atoms in total. The highest BCUT2D eigenvalue weighted by atomic mass is 16.3. The Labute approximate surface area is 125 Å². The normalized spacial score (nSPS) is 10.7. The summed E-state index contributed by atoms with van der Waals surface area (Å²) in [6.45, 7) is 6.61. The van der Waals surface area contributed by atoms with Crippen molar-refractivity contribution >= 4 is 17.3 Å². The Morgan fingerprint density at radius 2 is 1.95 bits per heavy atom. The fraction of sp³-hybridized carbons (Fsp3) is 0.353. The third-order valence-electron chi connectivity index (χ3n) is 3.00. The van der Waals surface area contributed by atoms with Crippen molar-refractivity contribution in [2.45, 2.75) is 33.7 Å². The fourth-order valence-corrected chi connectivity index (χ4v) is 2.06. The van der Waals surface area contributed by atoms with E-state index in [0.29, 0.717) is 18.9 Å². The van der Waals surface area contributed by atoms with Gasteiger partial charge in [0.25, 0.3) is 0 Å². The van der Waals surface area contributed by atoms with E-state index in [1.807, 2.05) is 57.2 Å². The number of aryl methyl sites for hydroxylation is 1. The van der Waals surface area contributed by atoms with Crippen molar-refractivity contribution in [3.05, 3.63) is 47.9 Å². The van der Waals surface area contributed by atoms with E-state index < -0.39 is 0 Å². The van der Waals surface area contributed by atoms with E-state index in [0.717, 1.165) is 22.9 Å². The first-order valence-corrected chi connectivity index (χ1v) is 7.22. The van der Waals surface area contributed by atoms with Gasteiger partial charge >= 0.3 is 0 Å². The van der Waals surface area contributed by atoms with Crippen LogP contribution >= 0.6 is 0 Å². The maximum atomic E-state index is 11.8. The van der Waals surface area contributed by atoms with E-state index in [-0.39, 0.29) is 5.91 Å². The Kier molecular flexibility index (Phi) is 5.04. The summed E-state index contributed by atoms with van der Waals surface area (Å²) in [6, 6.07) is 11.6. The molecule has 0 bridgehead atoms. The van der Waals surface area contributed by atoms with Crippen LogP contribution in [0.1, 0.15) is 31.8 Å². The van der Waals surface area contributed by atoms with E-state index in [4.69, 9.17) is 4.42 Å². The molecule has 4 heteroatoms. The van der Waals surface area contributed by atoms with Crippen LogP contribution in [0.15, 0.2) is 40.8 Å². The van der Waals surface area contributed by atoms with Gasteiger partial charge in [0, 0.05) is 17.8 Å². The predicted molar refractivity (Wildman–Crippen MR) is 85.3 cm³/mol. The molecule has 0 radical (unpaired) electrons. The third-order valence-corrected chi connectivity index (χ3v) is 3.00. The van der Waals surface area contributed by atoms with Crippen LogP contribution in [0.5, 0.6) is 0 Å². The smallest absolute Gasteiger partial charge is 0.224 e. The molecule has 0 aliphatic rings. The first kappa shape index (κ1) is 15.2. The second-order valence-electron chi connectivity index (χ2n) is 5.59. The molecule has 0 saturated heterocycles. The average molecular weight is 286 g/mol. The first-order chi connectivity index (χ1) is 10.0. The maximum absolute atomic E-state index is 11.8. The molecule has 112 valence electrons. The van der Waals surface area contributed by atoms with Gasteiger partial charge in [0.15, 0.2) is 0 Å². The molecular formula is C17H22N2O2. The van der Waals surface area contributed by atoms with Gasteiger partial charge in [0.2, 0.25) is 5.91 Å². The van der Waals surface area contributed by atoms with Crippen molar-refractivity contribution in [3.8, 4) is 0 Å². The molecule has 1 aromatic heterocycles. The lowest BCUT2D eigenvalue weighted by molar-refractivity contribution is -0.116. The minimum Gasteiger partial charge on any atom is -0.465 e. The molecule has 21 heavy (non-hydrogen) atoms. The summed E-state index contributed by atoms with van der Waals surface area (Å²) in [5.74, 6) is 2.19. The summed E-state index contributed by atoms with van der Waals surface area (Å²) < 4.78 is 5.51. The van der Waals surface area contributed by atoms with Crippen LogP contribution in [-0.4, -0.2) is 5.91 Å². The molecule has 0 aliphatic heterocycles. The van der Waals surface area contributed by atoms with Crippen molar-refractivity contribution in [1.82, 2.24) is 0 Å². The number of anilines is 2. The van der Waals surface area contributed by atoms with E-state index in [1.165, 1.54) is 0 Å². The van der Waals surface area contributed by atoms with E-state index in [1.54, 1.807) is 0 Å². The number of carbonyl (C=O) groups excluding carboxylic acids is 1. The van der Waals surface area contributed by atoms with Crippen LogP contribution in [0.2, 0.25) is 0 Å². The number of nitrogens with one attached hydrogen (secondary N) is 2. The molecule has 0 atom stereocenters. The van der Waals surface area contributed by atoms with Crippen molar-refractivity contribution in [2.24, 2.45) is 5.92 Å². The quantitative estimate of drug-likeness (QED) is 0.837. The van der Waals surface area contributed by atoms with Crippen LogP contribution in [0.25, 0.3) is 0 Å². The predicted octanol–water partition coefficient (Wildman–Crippen LogP) is 4.18. The molecule has 1 heterocycles. The largest absolute Gasteiger partial charge is 0.465 e. The molecule has 1 amide bonds. The zero-order valence-electron chi connectivity index (χ0n) is 12.8. The van der Waals surface area contributed by atoms with Gasteiger partial charge in [0.05, 0.1) is 6.54 Å². The zero-order valence-corrected chi connectivity index (χ0v) is 12.8. The number of amides is 1. The number of furan rings is 1. The molecule has 0 unspecified atom stereocenters. The summed E-state index contributed by atoms with van der Waals surface area (Å²) in [6.07, 6.45) is 0.531. The molecule has 2 N–H and O–H groups in total. The average Bonchev–Trinajstić information content (AvgIpc) is 2.81. The highest BCUT2D eigenvalue weighted by Gasteiger charge is 2.06. The van der Waals surface area contributed by atoms with Gasteiger partial charge in [0.1, 0.15) is 11.5 Å². The van der Waals surface area contributed by atoms with Gasteiger partial charge in [-0.3, -0.25) is 4.79 Å². The van der Waals surface area contributed by atoms with Crippen molar-refractivity contribution < 1.29 is 9.21 Å².